The molecule has 0 bridgehead atoms. The largest absolute Gasteiger partial charge is 0.468 e. The molecule has 4 rings (SSSR count). The second-order valence-electron chi connectivity index (χ2n) is 13.0. The van der Waals surface area contributed by atoms with E-state index in [0.29, 0.717) is 59.1 Å². The van der Waals surface area contributed by atoms with Crippen molar-refractivity contribution >= 4 is 33.8 Å². The van der Waals surface area contributed by atoms with E-state index >= 15 is 0 Å². The average Bonchev–Trinajstić information content (AvgIpc) is 3.40. The number of piperidine rings is 1. The number of nitrogens with zero attached hydrogens (tertiary/aromatic N) is 3. The van der Waals surface area contributed by atoms with Crippen LogP contribution in [0.3, 0.4) is 0 Å². The van der Waals surface area contributed by atoms with Crippen LogP contribution in [-0.2, 0) is 32.1 Å². The second-order valence-corrected chi connectivity index (χ2v) is 14.0. The highest BCUT2D eigenvalue weighted by molar-refractivity contribution is 7.20. The lowest BCUT2D eigenvalue weighted by Gasteiger charge is -2.37. The first-order chi connectivity index (χ1) is 23.2. The minimum absolute atomic E-state index is 0.00456. The number of methoxy groups -OCH3 is 1. The van der Waals surface area contributed by atoms with Crippen LogP contribution in [0.2, 0.25) is 0 Å². The molecule has 1 aliphatic heterocycles. The highest BCUT2D eigenvalue weighted by atomic mass is 32.1. The van der Waals surface area contributed by atoms with Gasteiger partial charge in [0.05, 0.1) is 40.8 Å². The number of halogens is 7. The van der Waals surface area contributed by atoms with Crippen molar-refractivity contribution in [3.63, 3.8) is 0 Å². The van der Waals surface area contributed by atoms with Crippen molar-refractivity contribution in [3.8, 4) is 16.5 Å². The van der Waals surface area contributed by atoms with E-state index in [4.69, 9.17) is 4.74 Å². The Balaban J connectivity index is 1.71. The molecular weight excluding hydrogens is 689 g/mol. The zero-order valence-electron chi connectivity index (χ0n) is 28.3. The molecule has 1 saturated heterocycles. The molecule has 0 spiro atoms. The molecule has 50 heavy (non-hydrogen) atoms. The number of ether oxygens (including phenoxy) is 1. The predicted molar refractivity (Wildman–Crippen MR) is 177 cm³/mol. The molecule has 1 fully saturated rings. The Kier molecular flexibility index (Phi) is 11.3. The van der Waals surface area contributed by atoms with Crippen LogP contribution in [0.4, 0.5) is 41.4 Å². The van der Waals surface area contributed by atoms with E-state index in [1.165, 1.54) is 50.5 Å². The van der Waals surface area contributed by atoms with Crippen LogP contribution >= 0.6 is 11.3 Å². The number of likely N-dealkylation sites (N-methyl/N-ethyl adjacent to an activating group) is 1. The monoisotopic (exact) mass is 726 g/mol. The molecule has 0 aliphatic carbocycles. The van der Waals surface area contributed by atoms with Gasteiger partial charge >= 0.3 is 18.3 Å². The molecular formula is C35H37F7N4O3S. The second kappa shape index (κ2) is 14.6. The van der Waals surface area contributed by atoms with Crippen LogP contribution in [0.25, 0.3) is 10.4 Å². The number of anilines is 2. The van der Waals surface area contributed by atoms with E-state index in [1.807, 2.05) is 4.90 Å². The number of ketones is 1. The summed E-state index contributed by atoms with van der Waals surface area (Å²) < 4.78 is 101. The third-order valence-corrected chi connectivity index (χ3v) is 10.4. The number of carbonyl (C=O) groups is 2. The van der Waals surface area contributed by atoms with Crippen LogP contribution in [0.5, 0.6) is 0 Å². The number of nitriles is 1. The van der Waals surface area contributed by atoms with Gasteiger partial charge in [-0.25, -0.2) is 4.39 Å². The van der Waals surface area contributed by atoms with Crippen LogP contribution in [0.1, 0.15) is 54.5 Å². The van der Waals surface area contributed by atoms with Gasteiger partial charge < -0.3 is 15.0 Å². The zero-order chi connectivity index (χ0) is 37.3. The molecule has 0 amide bonds. The third-order valence-electron chi connectivity index (χ3n) is 9.14. The van der Waals surface area contributed by atoms with Gasteiger partial charge in [0.25, 0.3) is 0 Å². The fourth-order valence-corrected chi connectivity index (χ4v) is 7.59. The number of benzene rings is 2. The van der Waals surface area contributed by atoms with E-state index in [-0.39, 0.29) is 29.2 Å². The summed E-state index contributed by atoms with van der Waals surface area (Å²) >= 11 is 1.24. The maximum Gasteiger partial charge on any atom is 0.416 e. The first kappa shape index (κ1) is 38.6. The van der Waals surface area contributed by atoms with Gasteiger partial charge in [0, 0.05) is 13.1 Å². The van der Waals surface area contributed by atoms with Crippen LogP contribution in [0, 0.1) is 30.0 Å². The molecule has 1 aromatic heterocycles. The normalized spacial score (nSPS) is 15.2. The smallest absolute Gasteiger partial charge is 0.416 e. The Morgan fingerprint density at radius 3 is 2.06 bits per heavy atom. The minimum atomic E-state index is -5.09. The van der Waals surface area contributed by atoms with Gasteiger partial charge in [-0.15, -0.1) is 11.3 Å². The molecule has 1 atom stereocenters. The zero-order valence-corrected chi connectivity index (χ0v) is 29.1. The van der Waals surface area contributed by atoms with Gasteiger partial charge in [-0.2, -0.15) is 31.6 Å². The summed E-state index contributed by atoms with van der Waals surface area (Å²) in [7, 11) is 4.92. The molecule has 0 radical (unpaired) electrons. The number of carbonyl (C=O) groups excluding carboxylic acids is 2. The van der Waals surface area contributed by atoms with Gasteiger partial charge in [0.2, 0.25) is 0 Å². The number of alkyl halides is 6. The number of thiophene rings is 1. The summed E-state index contributed by atoms with van der Waals surface area (Å²) in [5, 5.41) is 13.9. The maximum atomic E-state index is 14.1. The van der Waals surface area contributed by atoms with Crippen LogP contribution in [-0.4, -0.2) is 63.5 Å². The lowest BCUT2D eigenvalue weighted by Crippen LogP contribution is -2.47. The topological polar surface area (TPSA) is 85.7 Å². The standard InChI is InChI=1S/C35H37F7N4O3S/c1-19-13-24(36)7-8-25(19)30-28(26(17-43)31(50-30)46-11-9-20(10-12-46)29(45(4)5)32(48)49-6)44-18-27(47)33(2,3)21-14-22(34(37,38)39)16-23(15-21)35(40,41)42/h7-8,13-16,20,29,44H,9-12,18H2,1-6H3. The Bertz CT molecular complexity index is 1750. The molecule has 1 aliphatic rings. The Morgan fingerprint density at radius 1 is 1.02 bits per heavy atom. The summed E-state index contributed by atoms with van der Waals surface area (Å²) in [6.07, 6.45) is -8.99. The van der Waals surface area contributed by atoms with Crippen LogP contribution in [0.15, 0.2) is 36.4 Å². The molecule has 270 valence electrons. The van der Waals surface area contributed by atoms with E-state index in [1.54, 1.807) is 25.9 Å². The lowest BCUT2D eigenvalue weighted by molar-refractivity contribution is -0.148. The van der Waals surface area contributed by atoms with Gasteiger partial charge in [-0.05, 0) is 101 Å². The molecule has 7 nitrogen and oxygen atoms in total. The minimum Gasteiger partial charge on any atom is -0.468 e. The first-order valence-electron chi connectivity index (χ1n) is 15.6. The Labute approximate surface area is 289 Å². The molecule has 2 aromatic carbocycles. The number of esters is 1. The number of nitrogens with one attached hydrogen (secondary N) is 1. The number of Topliss-reactive ketones (excluding diaryl/α,β-unsaturated/α-hetero) is 1. The van der Waals surface area contributed by atoms with Crippen molar-refractivity contribution in [1.29, 1.82) is 5.26 Å². The van der Waals surface area contributed by atoms with Crippen molar-refractivity contribution in [2.24, 2.45) is 5.92 Å². The number of aryl methyl sites for hydroxylation is 1. The molecule has 2 heterocycles. The maximum absolute atomic E-state index is 14.1. The molecule has 1 unspecified atom stereocenters. The predicted octanol–water partition coefficient (Wildman–Crippen LogP) is 8.05. The van der Waals surface area contributed by atoms with Crippen molar-refractivity contribution < 1.29 is 45.1 Å². The first-order valence-corrected chi connectivity index (χ1v) is 16.4. The summed E-state index contributed by atoms with van der Waals surface area (Å²) in [5.74, 6) is -1.60. The third kappa shape index (κ3) is 8.07. The molecule has 3 aromatic rings. The highest BCUT2D eigenvalue weighted by Crippen LogP contribution is 2.48. The van der Waals surface area contributed by atoms with E-state index in [0.717, 1.165) is 0 Å². The van der Waals surface area contributed by atoms with Gasteiger partial charge in [0.15, 0.2) is 5.78 Å². The van der Waals surface area contributed by atoms with Crippen molar-refractivity contribution in [2.45, 2.75) is 57.4 Å². The molecule has 1 N–H and O–H groups in total. The van der Waals surface area contributed by atoms with E-state index in [2.05, 4.69) is 11.4 Å². The fourth-order valence-electron chi connectivity index (χ4n) is 6.22. The lowest BCUT2D eigenvalue weighted by atomic mass is 9.79. The number of hydrogen-bond acceptors (Lipinski definition) is 8. The Morgan fingerprint density at radius 2 is 1.58 bits per heavy atom. The number of rotatable bonds is 10. The van der Waals surface area contributed by atoms with Crippen molar-refractivity contribution in [2.75, 3.05) is 51.1 Å². The Hall–Kier alpha value is -4.16. The fraction of sp³-hybridized carbons (Fsp3) is 0.457. The summed E-state index contributed by atoms with van der Waals surface area (Å²) in [6, 6.07) is 6.90. The number of hydrogen-bond donors (Lipinski definition) is 1. The quantitative estimate of drug-likeness (QED) is 0.167. The summed E-state index contributed by atoms with van der Waals surface area (Å²) in [6.45, 7) is 4.56. The van der Waals surface area contributed by atoms with Gasteiger partial charge in [0.1, 0.15) is 28.5 Å². The van der Waals surface area contributed by atoms with Gasteiger partial charge in [-0.3, -0.25) is 14.5 Å². The van der Waals surface area contributed by atoms with Crippen LogP contribution < -0.4 is 10.2 Å². The summed E-state index contributed by atoms with van der Waals surface area (Å²) in [5.41, 5.74) is -3.85. The van der Waals surface area contributed by atoms with Crippen molar-refractivity contribution in [1.82, 2.24) is 4.90 Å². The highest BCUT2D eigenvalue weighted by Gasteiger charge is 2.41. The SMILES string of the molecule is COC(=O)C(C1CCN(c2sc(-c3ccc(F)cc3C)c(NCC(=O)C(C)(C)c3cc(C(F)(F)F)cc(C(F)(F)F)c3)c2C#N)CC1)N(C)C. The van der Waals surface area contributed by atoms with E-state index < -0.39 is 58.6 Å². The van der Waals surface area contributed by atoms with Crippen molar-refractivity contribution in [3.05, 3.63) is 70.0 Å². The molecule has 15 heteroatoms. The van der Waals surface area contributed by atoms with Gasteiger partial charge in [-0.1, -0.05) is 6.07 Å². The average molecular weight is 727 g/mol. The summed E-state index contributed by atoms with van der Waals surface area (Å²) in [4.78, 5) is 30.4. The molecule has 0 saturated carbocycles. The van der Waals surface area contributed by atoms with E-state index in [9.17, 15) is 45.6 Å².